The molecule has 0 aromatic rings. The van der Waals surface area contributed by atoms with Gasteiger partial charge in [0.15, 0.2) is 0 Å². The zero-order valence-corrected chi connectivity index (χ0v) is 8.21. The Balaban J connectivity index is 3.40. The molecule has 0 aliphatic heterocycles. The summed E-state index contributed by atoms with van der Waals surface area (Å²) in [6.45, 7) is 4.40. The van der Waals surface area contributed by atoms with Crippen molar-refractivity contribution in [1.29, 1.82) is 0 Å². The van der Waals surface area contributed by atoms with E-state index < -0.39 is 0 Å². The van der Waals surface area contributed by atoms with Crippen molar-refractivity contribution >= 4 is 0 Å². The van der Waals surface area contributed by atoms with Crippen LogP contribution in [-0.4, -0.2) is 11.7 Å². The molecule has 1 N–H and O–H groups in total. The van der Waals surface area contributed by atoms with E-state index in [9.17, 15) is 0 Å². The topological polar surface area (TPSA) is 20.2 Å². The summed E-state index contributed by atoms with van der Waals surface area (Å²) in [6.07, 6.45) is 10.9. The molecule has 0 bridgehead atoms. The van der Waals surface area contributed by atoms with Gasteiger partial charge in [-0.3, -0.25) is 0 Å². The number of aliphatic hydroxyl groups is 1. The minimum Gasteiger partial charge on any atom is -0.392 e. The first-order valence-corrected chi connectivity index (χ1v) is 4.72. The number of aliphatic hydroxyl groups excluding tert-OH is 1. The van der Waals surface area contributed by atoms with Crippen molar-refractivity contribution in [1.82, 2.24) is 0 Å². The van der Waals surface area contributed by atoms with Crippen LogP contribution in [0.5, 0.6) is 0 Å². The van der Waals surface area contributed by atoms with Crippen molar-refractivity contribution < 1.29 is 5.11 Å². The van der Waals surface area contributed by atoms with E-state index in [0.717, 1.165) is 6.42 Å². The summed E-state index contributed by atoms with van der Waals surface area (Å²) in [5.41, 5.74) is 1.24. The van der Waals surface area contributed by atoms with Crippen molar-refractivity contribution in [2.24, 2.45) is 0 Å². The van der Waals surface area contributed by atoms with Gasteiger partial charge in [-0.1, -0.05) is 43.6 Å². The number of hydrogen-bond donors (Lipinski definition) is 1. The molecule has 0 heterocycles. The molecule has 0 amide bonds. The van der Waals surface area contributed by atoms with Crippen LogP contribution in [0.4, 0.5) is 0 Å². The number of hydrogen-bond acceptors (Lipinski definition) is 1. The second kappa shape index (κ2) is 8.54. The van der Waals surface area contributed by atoms with Crippen LogP contribution in [0.15, 0.2) is 23.8 Å². The maximum atomic E-state index is 8.58. The minimum atomic E-state index is 0.161. The third-order valence-electron chi connectivity index (χ3n) is 1.77. The second-order valence-electron chi connectivity index (χ2n) is 3.05. The Morgan fingerprint density at radius 2 is 2.08 bits per heavy atom. The number of allylic oxidation sites excluding steroid dienone is 3. The van der Waals surface area contributed by atoms with Crippen LogP contribution in [0.25, 0.3) is 0 Å². The molecular weight excluding hydrogens is 148 g/mol. The zero-order valence-electron chi connectivity index (χ0n) is 8.21. The fourth-order valence-corrected chi connectivity index (χ4v) is 0.948. The van der Waals surface area contributed by atoms with E-state index in [0.29, 0.717) is 0 Å². The Morgan fingerprint density at radius 3 is 2.67 bits per heavy atom. The molecule has 0 aromatic heterocycles. The van der Waals surface area contributed by atoms with Crippen LogP contribution in [0.3, 0.4) is 0 Å². The molecule has 0 aromatic carbocycles. The summed E-state index contributed by atoms with van der Waals surface area (Å²) in [5.74, 6) is 0. The van der Waals surface area contributed by atoms with Gasteiger partial charge in [-0.25, -0.2) is 0 Å². The van der Waals surface area contributed by atoms with Gasteiger partial charge >= 0.3 is 0 Å². The molecule has 0 fully saturated rings. The van der Waals surface area contributed by atoms with Crippen molar-refractivity contribution in [3.63, 3.8) is 0 Å². The number of rotatable bonds is 6. The van der Waals surface area contributed by atoms with Gasteiger partial charge in [0.1, 0.15) is 0 Å². The molecule has 1 heteroatoms. The summed E-state index contributed by atoms with van der Waals surface area (Å²) in [7, 11) is 0. The van der Waals surface area contributed by atoms with Crippen molar-refractivity contribution in [3.8, 4) is 0 Å². The lowest BCUT2D eigenvalue weighted by Crippen LogP contribution is -1.78. The van der Waals surface area contributed by atoms with Crippen LogP contribution in [-0.2, 0) is 0 Å². The minimum absolute atomic E-state index is 0.161. The summed E-state index contributed by atoms with van der Waals surface area (Å²) < 4.78 is 0. The van der Waals surface area contributed by atoms with Gasteiger partial charge in [-0.2, -0.15) is 0 Å². The highest BCUT2D eigenvalue weighted by atomic mass is 16.2. The van der Waals surface area contributed by atoms with Gasteiger partial charge in [0.05, 0.1) is 6.61 Å². The van der Waals surface area contributed by atoms with Crippen molar-refractivity contribution in [2.75, 3.05) is 6.61 Å². The van der Waals surface area contributed by atoms with Crippen LogP contribution >= 0.6 is 0 Å². The highest BCUT2D eigenvalue weighted by Gasteiger charge is 1.83. The summed E-state index contributed by atoms with van der Waals surface area (Å²) in [4.78, 5) is 0. The molecule has 0 saturated carbocycles. The zero-order chi connectivity index (χ0) is 9.23. The Labute approximate surface area is 75.8 Å². The predicted molar refractivity (Wildman–Crippen MR) is 54.1 cm³/mol. The van der Waals surface area contributed by atoms with Gasteiger partial charge in [-0.15, -0.1) is 0 Å². The SMILES string of the molecule is CCCC/C=C/C/C(C)=C/CO. The third-order valence-corrected chi connectivity index (χ3v) is 1.77. The highest BCUT2D eigenvalue weighted by Crippen LogP contribution is 2.02. The molecule has 0 unspecified atom stereocenters. The first-order valence-electron chi connectivity index (χ1n) is 4.72. The molecule has 0 spiro atoms. The molecule has 0 radical (unpaired) electrons. The average molecular weight is 168 g/mol. The standard InChI is InChI=1S/C11H20O/c1-3-4-5-6-7-8-11(2)9-10-12/h6-7,9,12H,3-5,8,10H2,1-2H3/b7-6+,11-9+. The van der Waals surface area contributed by atoms with E-state index in [4.69, 9.17) is 5.11 Å². The summed E-state index contributed by atoms with van der Waals surface area (Å²) in [6, 6.07) is 0. The molecule has 0 saturated heterocycles. The lowest BCUT2D eigenvalue weighted by atomic mass is 10.1. The van der Waals surface area contributed by atoms with Gasteiger partial charge in [-0.05, 0) is 19.8 Å². The fraction of sp³-hybridized carbons (Fsp3) is 0.636. The van der Waals surface area contributed by atoms with Crippen LogP contribution in [0.1, 0.15) is 39.5 Å². The average Bonchev–Trinajstić information content (AvgIpc) is 2.05. The van der Waals surface area contributed by atoms with Gasteiger partial charge in [0, 0.05) is 0 Å². The molecule has 0 aliphatic rings. The van der Waals surface area contributed by atoms with Gasteiger partial charge in [0.2, 0.25) is 0 Å². The van der Waals surface area contributed by atoms with E-state index in [2.05, 4.69) is 19.1 Å². The smallest absolute Gasteiger partial charge is 0.0615 e. The molecule has 12 heavy (non-hydrogen) atoms. The maximum absolute atomic E-state index is 8.58. The van der Waals surface area contributed by atoms with Crippen LogP contribution in [0.2, 0.25) is 0 Å². The first kappa shape index (κ1) is 11.4. The van der Waals surface area contributed by atoms with Crippen LogP contribution in [0, 0.1) is 0 Å². The maximum Gasteiger partial charge on any atom is 0.0615 e. The first-order chi connectivity index (χ1) is 5.81. The lowest BCUT2D eigenvalue weighted by molar-refractivity contribution is 0.341. The van der Waals surface area contributed by atoms with E-state index >= 15 is 0 Å². The van der Waals surface area contributed by atoms with E-state index in [1.54, 1.807) is 0 Å². The molecule has 0 aliphatic carbocycles. The Morgan fingerprint density at radius 1 is 1.33 bits per heavy atom. The monoisotopic (exact) mass is 168 g/mol. The molecular formula is C11H20O. The van der Waals surface area contributed by atoms with Crippen LogP contribution < -0.4 is 0 Å². The number of unbranched alkanes of at least 4 members (excludes halogenated alkanes) is 2. The predicted octanol–water partition coefficient (Wildman–Crippen LogP) is 3.06. The molecule has 0 atom stereocenters. The van der Waals surface area contributed by atoms with E-state index in [1.165, 1.54) is 24.8 Å². The summed E-state index contributed by atoms with van der Waals surface area (Å²) in [5, 5.41) is 8.58. The van der Waals surface area contributed by atoms with Gasteiger partial charge in [0.25, 0.3) is 0 Å². The quantitative estimate of drug-likeness (QED) is 0.477. The Hall–Kier alpha value is -0.560. The van der Waals surface area contributed by atoms with E-state index in [-0.39, 0.29) is 6.61 Å². The highest BCUT2D eigenvalue weighted by molar-refractivity contribution is 5.04. The normalized spacial score (nSPS) is 12.8. The van der Waals surface area contributed by atoms with E-state index in [1.807, 2.05) is 13.0 Å². The largest absolute Gasteiger partial charge is 0.392 e. The van der Waals surface area contributed by atoms with Crippen molar-refractivity contribution in [3.05, 3.63) is 23.8 Å². The third kappa shape index (κ3) is 7.55. The Bertz CT molecular complexity index is 145. The molecule has 0 rings (SSSR count). The van der Waals surface area contributed by atoms with Gasteiger partial charge < -0.3 is 5.11 Å². The fourth-order valence-electron chi connectivity index (χ4n) is 0.948. The second-order valence-corrected chi connectivity index (χ2v) is 3.05. The lowest BCUT2D eigenvalue weighted by Gasteiger charge is -1.93. The Kier molecular flexibility index (Phi) is 8.14. The molecule has 70 valence electrons. The van der Waals surface area contributed by atoms with Crippen molar-refractivity contribution in [2.45, 2.75) is 39.5 Å². The molecule has 1 nitrogen and oxygen atoms in total. The summed E-state index contributed by atoms with van der Waals surface area (Å²) >= 11 is 0.